The topological polar surface area (TPSA) is 29.5 Å². The summed E-state index contributed by atoms with van der Waals surface area (Å²) in [7, 11) is 0. The van der Waals surface area contributed by atoms with Crippen molar-refractivity contribution >= 4 is 5.91 Å². The summed E-state index contributed by atoms with van der Waals surface area (Å²) in [6.45, 7) is 0.443. The molecule has 0 radical (unpaired) electrons. The maximum atomic E-state index is 13.8. The van der Waals surface area contributed by atoms with Crippen LogP contribution in [0.4, 0.5) is 8.78 Å². The molecule has 0 N–H and O–H groups in total. The van der Waals surface area contributed by atoms with Crippen molar-refractivity contribution in [3.8, 4) is 5.75 Å². The first kappa shape index (κ1) is 16.4. The first-order chi connectivity index (χ1) is 11.6. The van der Waals surface area contributed by atoms with Crippen molar-refractivity contribution in [3.63, 3.8) is 0 Å². The highest BCUT2D eigenvalue weighted by Crippen LogP contribution is 2.29. The zero-order valence-electron chi connectivity index (χ0n) is 13.3. The van der Waals surface area contributed by atoms with Gasteiger partial charge in [-0.25, -0.2) is 8.78 Å². The molecule has 5 heteroatoms. The molecule has 1 saturated carbocycles. The van der Waals surface area contributed by atoms with E-state index >= 15 is 0 Å². The number of ether oxygens (including phenoxy) is 1. The summed E-state index contributed by atoms with van der Waals surface area (Å²) < 4.78 is 32.4. The van der Waals surface area contributed by atoms with E-state index in [-0.39, 0.29) is 31.5 Å². The molecule has 0 bridgehead atoms. The van der Waals surface area contributed by atoms with Crippen LogP contribution in [0.3, 0.4) is 0 Å². The van der Waals surface area contributed by atoms with Gasteiger partial charge in [-0.05, 0) is 31.0 Å². The third-order valence-electron chi connectivity index (χ3n) is 3.99. The van der Waals surface area contributed by atoms with Crippen LogP contribution in [0, 0.1) is 11.6 Å². The second kappa shape index (κ2) is 7.43. The summed E-state index contributed by atoms with van der Waals surface area (Å²) in [5.41, 5.74) is 0.334. The first-order valence-electron chi connectivity index (χ1n) is 8.05. The zero-order valence-corrected chi connectivity index (χ0v) is 13.3. The van der Waals surface area contributed by atoms with Crippen LogP contribution >= 0.6 is 0 Å². The Morgan fingerprint density at radius 2 is 1.88 bits per heavy atom. The number of rotatable bonds is 7. The van der Waals surface area contributed by atoms with Crippen LogP contribution < -0.4 is 4.74 Å². The fraction of sp³-hybridized carbons (Fsp3) is 0.316. The number of para-hydroxylation sites is 1. The molecular formula is C19H19F2NO2. The van der Waals surface area contributed by atoms with Crippen molar-refractivity contribution in [2.45, 2.75) is 31.8 Å². The minimum absolute atomic E-state index is 0.0721. The molecule has 0 unspecified atom stereocenters. The fourth-order valence-electron chi connectivity index (χ4n) is 2.56. The van der Waals surface area contributed by atoms with Gasteiger partial charge >= 0.3 is 0 Å². The van der Waals surface area contributed by atoms with Crippen LogP contribution in [0.25, 0.3) is 0 Å². The molecule has 1 fully saturated rings. The van der Waals surface area contributed by atoms with Gasteiger partial charge in [0.05, 0.1) is 13.0 Å². The van der Waals surface area contributed by atoms with Gasteiger partial charge in [-0.15, -0.1) is 0 Å². The summed E-state index contributed by atoms with van der Waals surface area (Å²) >= 11 is 0. The van der Waals surface area contributed by atoms with Gasteiger partial charge in [0.25, 0.3) is 0 Å². The summed E-state index contributed by atoms with van der Waals surface area (Å²) in [6, 6.07) is 12.9. The summed E-state index contributed by atoms with van der Waals surface area (Å²) in [5.74, 6) is -0.587. The van der Waals surface area contributed by atoms with Crippen molar-refractivity contribution in [1.29, 1.82) is 0 Å². The largest absolute Gasteiger partial charge is 0.493 e. The Labute approximate surface area is 139 Å². The van der Waals surface area contributed by atoms with E-state index in [1.807, 2.05) is 30.3 Å². The quantitative estimate of drug-likeness (QED) is 0.769. The summed E-state index contributed by atoms with van der Waals surface area (Å²) in [4.78, 5) is 14.1. The number of halogens is 2. The zero-order chi connectivity index (χ0) is 16.9. The molecule has 0 spiro atoms. The predicted octanol–water partition coefficient (Wildman–Crippen LogP) is 3.92. The lowest BCUT2D eigenvalue weighted by Crippen LogP contribution is -2.33. The van der Waals surface area contributed by atoms with Gasteiger partial charge in [-0.2, -0.15) is 0 Å². The van der Waals surface area contributed by atoms with Crippen molar-refractivity contribution in [2.24, 2.45) is 0 Å². The second-order valence-electron chi connectivity index (χ2n) is 5.90. The monoisotopic (exact) mass is 331 g/mol. The Kier molecular flexibility index (Phi) is 5.08. The molecule has 0 aromatic heterocycles. The number of hydrogen-bond donors (Lipinski definition) is 0. The normalized spacial score (nSPS) is 13.6. The minimum Gasteiger partial charge on any atom is -0.493 e. The van der Waals surface area contributed by atoms with Crippen molar-refractivity contribution in [3.05, 3.63) is 65.7 Å². The van der Waals surface area contributed by atoms with E-state index in [0.29, 0.717) is 11.3 Å². The van der Waals surface area contributed by atoms with Crippen LogP contribution in [-0.4, -0.2) is 23.5 Å². The van der Waals surface area contributed by atoms with Gasteiger partial charge < -0.3 is 9.64 Å². The fourth-order valence-corrected chi connectivity index (χ4v) is 2.56. The van der Waals surface area contributed by atoms with E-state index in [2.05, 4.69) is 0 Å². The highest BCUT2D eigenvalue weighted by molar-refractivity contribution is 5.77. The maximum absolute atomic E-state index is 13.8. The van der Waals surface area contributed by atoms with Crippen LogP contribution in [0.1, 0.15) is 24.8 Å². The van der Waals surface area contributed by atoms with E-state index in [4.69, 9.17) is 4.74 Å². The van der Waals surface area contributed by atoms with Crippen molar-refractivity contribution in [2.75, 3.05) is 6.61 Å². The number of nitrogens with zero attached hydrogens (tertiary/aromatic N) is 1. The van der Waals surface area contributed by atoms with Gasteiger partial charge in [0.1, 0.15) is 17.4 Å². The molecule has 1 aliphatic carbocycles. The van der Waals surface area contributed by atoms with Crippen molar-refractivity contribution < 1.29 is 18.3 Å². The lowest BCUT2D eigenvalue weighted by molar-refractivity contribution is -0.133. The molecule has 0 aliphatic heterocycles. The van der Waals surface area contributed by atoms with Gasteiger partial charge in [-0.3, -0.25) is 4.79 Å². The molecule has 0 saturated heterocycles. The standard InChI is InChI=1S/C19H19F2NO2/c20-15-7-6-14(18(21)12-15)13-22(16-8-9-16)19(23)10-11-24-17-4-2-1-3-5-17/h1-7,12,16H,8-11,13H2. The Bertz CT molecular complexity index is 702. The predicted molar refractivity (Wildman–Crippen MR) is 86.5 cm³/mol. The average Bonchev–Trinajstić information content (AvgIpc) is 3.40. The summed E-state index contributed by atoms with van der Waals surface area (Å²) in [5, 5.41) is 0. The Morgan fingerprint density at radius 1 is 1.12 bits per heavy atom. The SMILES string of the molecule is O=C(CCOc1ccccc1)N(Cc1ccc(F)cc1F)C1CC1. The highest BCUT2D eigenvalue weighted by Gasteiger charge is 2.32. The third kappa shape index (κ3) is 4.31. The van der Waals surface area contributed by atoms with E-state index in [1.165, 1.54) is 12.1 Å². The van der Waals surface area contributed by atoms with Gasteiger partial charge in [0.2, 0.25) is 5.91 Å². The van der Waals surface area contributed by atoms with Crippen LogP contribution in [-0.2, 0) is 11.3 Å². The van der Waals surface area contributed by atoms with Crippen LogP contribution in [0.2, 0.25) is 0 Å². The Morgan fingerprint density at radius 3 is 2.54 bits per heavy atom. The van der Waals surface area contributed by atoms with E-state index < -0.39 is 11.6 Å². The van der Waals surface area contributed by atoms with E-state index in [9.17, 15) is 13.6 Å². The molecule has 2 aromatic carbocycles. The lowest BCUT2D eigenvalue weighted by Gasteiger charge is -2.23. The number of amides is 1. The van der Waals surface area contributed by atoms with Gasteiger partial charge in [0, 0.05) is 24.2 Å². The number of carbonyl (C=O) groups is 1. The number of hydrogen-bond acceptors (Lipinski definition) is 2. The molecule has 0 heterocycles. The van der Waals surface area contributed by atoms with E-state index in [1.54, 1.807) is 4.90 Å². The van der Waals surface area contributed by atoms with Gasteiger partial charge in [0.15, 0.2) is 0 Å². The first-order valence-corrected chi connectivity index (χ1v) is 8.05. The highest BCUT2D eigenvalue weighted by atomic mass is 19.1. The third-order valence-corrected chi connectivity index (χ3v) is 3.99. The molecule has 3 nitrogen and oxygen atoms in total. The maximum Gasteiger partial charge on any atom is 0.226 e. The molecular weight excluding hydrogens is 312 g/mol. The second-order valence-corrected chi connectivity index (χ2v) is 5.90. The molecule has 126 valence electrons. The van der Waals surface area contributed by atoms with Crippen molar-refractivity contribution in [1.82, 2.24) is 4.90 Å². The minimum atomic E-state index is -0.617. The van der Waals surface area contributed by atoms with Crippen LogP contribution in [0.15, 0.2) is 48.5 Å². The smallest absolute Gasteiger partial charge is 0.226 e. The van der Waals surface area contributed by atoms with Gasteiger partial charge in [-0.1, -0.05) is 24.3 Å². The Balaban J connectivity index is 1.57. The molecule has 3 rings (SSSR count). The Hall–Kier alpha value is -2.43. The molecule has 0 atom stereocenters. The number of carbonyl (C=O) groups excluding carboxylic acids is 1. The molecule has 1 aliphatic rings. The lowest BCUT2D eigenvalue weighted by atomic mass is 10.2. The molecule has 2 aromatic rings. The molecule has 1 amide bonds. The summed E-state index contributed by atoms with van der Waals surface area (Å²) in [6.07, 6.45) is 2.08. The average molecular weight is 331 g/mol. The number of benzene rings is 2. The van der Waals surface area contributed by atoms with E-state index in [0.717, 1.165) is 18.9 Å². The molecule has 24 heavy (non-hydrogen) atoms. The van der Waals surface area contributed by atoms with Crippen LogP contribution in [0.5, 0.6) is 5.75 Å².